The first-order valence-corrected chi connectivity index (χ1v) is 9.36. The minimum absolute atomic E-state index is 0.0118. The monoisotopic (exact) mass is 382 g/mol. The third kappa shape index (κ3) is 5.31. The summed E-state index contributed by atoms with van der Waals surface area (Å²) in [7, 11) is -3.62. The molecule has 0 aromatic carbocycles. The Hall–Kier alpha value is -0.170. The summed E-state index contributed by atoms with van der Waals surface area (Å²) < 4.78 is 27.7. The fourth-order valence-corrected chi connectivity index (χ4v) is 3.90. The molecule has 0 saturated heterocycles. The number of sulfonamides is 1. The van der Waals surface area contributed by atoms with E-state index in [0.717, 1.165) is 25.7 Å². The number of nitrogens with zero attached hydrogens (tertiary/aromatic N) is 1. The number of halogens is 2. The second kappa shape index (κ2) is 8.32. The van der Waals surface area contributed by atoms with Crippen molar-refractivity contribution >= 4 is 37.6 Å². The van der Waals surface area contributed by atoms with Gasteiger partial charge in [0.2, 0.25) is 10.0 Å². The van der Waals surface area contributed by atoms with E-state index >= 15 is 0 Å². The summed E-state index contributed by atoms with van der Waals surface area (Å²) in [5, 5.41) is -0.0118. The Morgan fingerprint density at radius 3 is 2.75 bits per heavy atom. The molecule has 20 heavy (non-hydrogen) atoms. The smallest absolute Gasteiger partial charge is 0.242 e. The number of rotatable bonds is 8. The van der Waals surface area contributed by atoms with Gasteiger partial charge in [-0.3, -0.25) is 0 Å². The Morgan fingerprint density at radius 1 is 1.45 bits per heavy atom. The van der Waals surface area contributed by atoms with Gasteiger partial charge in [0, 0.05) is 17.2 Å². The van der Waals surface area contributed by atoms with Crippen molar-refractivity contribution in [3.05, 3.63) is 21.9 Å². The molecule has 4 nitrogen and oxygen atoms in total. The first-order valence-electron chi connectivity index (χ1n) is 6.71. The zero-order valence-corrected chi connectivity index (χ0v) is 14.9. The summed E-state index contributed by atoms with van der Waals surface area (Å²) in [6.07, 6.45) is 5.68. The summed E-state index contributed by atoms with van der Waals surface area (Å²) in [5.74, 6) is 0.351. The van der Waals surface area contributed by atoms with Crippen LogP contribution in [0.3, 0.4) is 0 Å². The van der Waals surface area contributed by atoms with Gasteiger partial charge in [-0.25, -0.2) is 18.1 Å². The number of hydrogen-bond acceptors (Lipinski definition) is 3. The lowest BCUT2D eigenvalue weighted by atomic mass is 10.00. The lowest BCUT2D eigenvalue weighted by molar-refractivity contribution is 0.443. The third-order valence-electron chi connectivity index (χ3n) is 3.17. The second-order valence-corrected chi connectivity index (χ2v) is 7.72. The van der Waals surface area contributed by atoms with E-state index in [9.17, 15) is 8.42 Å². The maximum atomic E-state index is 12.2. The Kier molecular flexibility index (Phi) is 7.43. The van der Waals surface area contributed by atoms with Crippen LogP contribution in [0, 0.1) is 5.92 Å². The van der Waals surface area contributed by atoms with Crippen LogP contribution >= 0.6 is 27.5 Å². The predicted octanol–water partition coefficient (Wildman–Crippen LogP) is 3.99. The maximum Gasteiger partial charge on any atom is 0.243 e. The first-order chi connectivity index (χ1) is 9.40. The minimum atomic E-state index is -3.62. The topological polar surface area (TPSA) is 59.1 Å². The molecule has 0 aliphatic heterocycles. The Bertz CT molecular complexity index is 537. The molecule has 1 rings (SSSR count). The van der Waals surface area contributed by atoms with E-state index in [1.165, 1.54) is 12.3 Å². The van der Waals surface area contributed by atoms with Crippen molar-refractivity contribution in [1.29, 1.82) is 0 Å². The van der Waals surface area contributed by atoms with Gasteiger partial charge in [0.05, 0.1) is 0 Å². The Labute approximate surface area is 134 Å². The molecule has 1 N–H and O–H groups in total. The molecule has 0 radical (unpaired) electrons. The van der Waals surface area contributed by atoms with Crippen LogP contribution in [0.1, 0.15) is 39.5 Å². The third-order valence-corrected chi connectivity index (χ3v) is 5.45. The van der Waals surface area contributed by atoms with Crippen molar-refractivity contribution in [2.24, 2.45) is 5.92 Å². The molecule has 1 heterocycles. The van der Waals surface area contributed by atoms with Gasteiger partial charge in [-0.2, -0.15) is 0 Å². The van der Waals surface area contributed by atoms with E-state index < -0.39 is 10.0 Å². The van der Waals surface area contributed by atoms with Gasteiger partial charge < -0.3 is 0 Å². The van der Waals surface area contributed by atoms with Gasteiger partial charge in [-0.15, -0.1) is 0 Å². The molecule has 7 heteroatoms. The maximum absolute atomic E-state index is 12.2. The van der Waals surface area contributed by atoms with Crippen LogP contribution in [-0.2, 0) is 10.0 Å². The van der Waals surface area contributed by atoms with Crippen LogP contribution in [0.15, 0.2) is 21.6 Å². The van der Waals surface area contributed by atoms with Crippen molar-refractivity contribution in [3.63, 3.8) is 0 Å². The lowest BCUT2D eigenvalue weighted by Crippen LogP contribution is -2.29. The molecule has 0 saturated carbocycles. The van der Waals surface area contributed by atoms with Crippen molar-refractivity contribution < 1.29 is 8.42 Å². The number of unbranched alkanes of at least 4 members (excludes halogenated alkanes) is 1. The highest BCUT2D eigenvalue weighted by Crippen LogP contribution is 2.23. The Balaban J connectivity index is 2.76. The van der Waals surface area contributed by atoms with E-state index in [0.29, 0.717) is 16.9 Å². The molecule has 0 bridgehead atoms. The van der Waals surface area contributed by atoms with E-state index in [2.05, 4.69) is 39.5 Å². The van der Waals surface area contributed by atoms with Crippen LogP contribution in [0.25, 0.3) is 0 Å². The number of nitrogens with one attached hydrogen (secondary N) is 1. The SMILES string of the molecule is CCCCC(CC)CNS(=O)(=O)c1cc(Br)cnc1Cl. The van der Waals surface area contributed by atoms with Crippen LogP contribution < -0.4 is 4.72 Å². The molecule has 1 aromatic rings. The molecule has 0 spiro atoms. The predicted molar refractivity (Wildman–Crippen MR) is 85.4 cm³/mol. The Morgan fingerprint density at radius 2 is 2.15 bits per heavy atom. The highest BCUT2D eigenvalue weighted by molar-refractivity contribution is 9.10. The summed E-state index contributed by atoms with van der Waals surface area (Å²) in [6, 6.07) is 1.46. The van der Waals surface area contributed by atoms with Gasteiger partial charge in [-0.05, 0) is 34.3 Å². The van der Waals surface area contributed by atoms with E-state index in [-0.39, 0.29) is 10.0 Å². The molecule has 1 unspecified atom stereocenters. The molecule has 0 aliphatic carbocycles. The first kappa shape index (κ1) is 17.9. The van der Waals surface area contributed by atoms with Crippen molar-refractivity contribution in [2.45, 2.75) is 44.4 Å². The van der Waals surface area contributed by atoms with Crippen LogP contribution in [0.5, 0.6) is 0 Å². The summed E-state index contributed by atoms with van der Waals surface area (Å²) in [4.78, 5) is 3.85. The van der Waals surface area contributed by atoms with Gasteiger partial charge >= 0.3 is 0 Å². The molecule has 1 atom stereocenters. The number of hydrogen-bond donors (Lipinski definition) is 1. The lowest BCUT2D eigenvalue weighted by Gasteiger charge is -2.15. The highest BCUT2D eigenvalue weighted by Gasteiger charge is 2.20. The fraction of sp³-hybridized carbons (Fsp3) is 0.615. The summed E-state index contributed by atoms with van der Waals surface area (Å²) in [6.45, 7) is 4.63. The van der Waals surface area contributed by atoms with Crippen LogP contribution in [0.4, 0.5) is 0 Å². The van der Waals surface area contributed by atoms with Crippen molar-refractivity contribution in [3.8, 4) is 0 Å². The summed E-state index contributed by atoms with van der Waals surface area (Å²) in [5.41, 5.74) is 0. The fourth-order valence-electron chi connectivity index (χ4n) is 1.84. The quantitative estimate of drug-likeness (QED) is 0.690. The second-order valence-electron chi connectivity index (χ2n) is 4.71. The number of pyridine rings is 1. The van der Waals surface area contributed by atoms with E-state index in [1.807, 2.05) is 0 Å². The van der Waals surface area contributed by atoms with Gasteiger partial charge in [0.1, 0.15) is 10.0 Å². The highest BCUT2D eigenvalue weighted by atomic mass is 79.9. The molecular formula is C13H20BrClN2O2S. The van der Waals surface area contributed by atoms with Crippen molar-refractivity contribution in [1.82, 2.24) is 9.71 Å². The van der Waals surface area contributed by atoms with Crippen molar-refractivity contribution in [2.75, 3.05) is 6.54 Å². The largest absolute Gasteiger partial charge is 0.243 e. The molecule has 0 aliphatic rings. The van der Waals surface area contributed by atoms with E-state index in [1.54, 1.807) is 0 Å². The molecule has 0 fully saturated rings. The standard InChI is InChI=1S/C13H20BrClN2O2S/c1-3-5-6-10(4-2)8-17-20(18,19)12-7-11(14)9-16-13(12)15/h7,9-10,17H,3-6,8H2,1-2H3. The zero-order chi connectivity index (χ0) is 15.2. The minimum Gasteiger partial charge on any atom is -0.242 e. The number of aromatic nitrogens is 1. The van der Waals surface area contributed by atoms with Crippen LogP contribution in [0.2, 0.25) is 5.15 Å². The zero-order valence-electron chi connectivity index (χ0n) is 11.7. The van der Waals surface area contributed by atoms with Gasteiger partial charge in [0.15, 0.2) is 0 Å². The van der Waals surface area contributed by atoms with Gasteiger partial charge in [0.25, 0.3) is 0 Å². The molecule has 114 valence electrons. The van der Waals surface area contributed by atoms with E-state index in [4.69, 9.17) is 11.6 Å². The molecular weight excluding hydrogens is 364 g/mol. The van der Waals surface area contributed by atoms with Gasteiger partial charge in [-0.1, -0.05) is 44.7 Å². The summed E-state index contributed by atoms with van der Waals surface area (Å²) >= 11 is 9.07. The normalized spacial score (nSPS) is 13.4. The van der Waals surface area contributed by atoms with Crippen LogP contribution in [-0.4, -0.2) is 19.9 Å². The molecule has 1 aromatic heterocycles. The average Bonchev–Trinajstić information content (AvgIpc) is 2.41. The molecule has 0 amide bonds. The average molecular weight is 384 g/mol.